The molecule has 0 radical (unpaired) electrons. The molecule has 1 amide bonds. The van der Waals surface area contributed by atoms with Crippen molar-refractivity contribution in [1.82, 2.24) is 10.2 Å². The number of hydrogen-bond donors (Lipinski definition) is 2. The molecule has 0 aliphatic carbocycles. The van der Waals surface area contributed by atoms with Gasteiger partial charge in [-0.05, 0) is 37.8 Å². The highest BCUT2D eigenvalue weighted by Crippen LogP contribution is 2.33. The van der Waals surface area contributed by atoms with Crippen LogP contribution in [0.4, 0.5) is 0 Å². The Kier molecular flexibility index (Phi) is 3.76. The van der Waals surface area contributed by atoms with Crippen LogP contribution in [-0.2, 0) is 11.3 Å². The third-order valence-electron chi connectivity index (χ3n) is 4.85. The van der Waals surface area contributed by atoms with Gasteiger partial charge in [0.05, 0.1) is 0 Å². The lowest BCUT2D eigenvalue weighted by atomic mass is 9.82. The quantitative estimate of drug-likeness (QED) is 0.868. The molecule has 108 valence electrons. The van der Waals surface area contributed by atoms with Gasteiger partial charge in [0.1, 0.15) is 5.54 Å². The Balaban J connectivity index is 1.70. The van der Waals surface area contributed by atoms with Crippen molar-refractivity contribution in [2.75, 3.05) is 13.1 Å². The van der Waals surface area contributed by atoms with Crippen LogP contribution in [0.3, 0.4) is 0 Å². The number of benzene rings is 1. The van der Waals surface area contributed by atoms with Crippen LogP contribution in [0.1, 0.15) is 31.2 Å². The number of fused-ring (bicyclic) bond motifs is 1. The van der Waals surface area contributed by atoms with Crippen molar-refractivity contribution in [3.8, 4) is 0 Å². The maximum absolute atomic E-state index is 12.0. The van der Waals surface area contributed by atoms with E-state index in [1.807, 2.05) is 18.2 Å². The third-order valence-corrected chi connectivity index (χ3v) is 4.85. The molecule has 4 heteroatoms. The molecule has 2 atom stereocenters. The second-order valence-corrected chi connectivity index (χ2v) is 6.07. The van der Waals surface area contributed by atoms with E-state index < -0.39 is 5.54 Å². The average Bonchev–Trinajstić information content (AvgIpc) is 2.93. The van der Waals surface area contributed by atoms with Gasteiger partial charge in [-0.2, -0.15) is 0 Å². The molecule has 20 heavy (non-hydrogen) atoms. The minimum absolute atomic E-state index is 0.194. The van der Waals surface area contributed by atoms with Crippen LogP contribution in [0.2, 0.25) is 0 Å². The summed E-state index contributed by atoms with van der Waals surface area (Å²) in [4.78, 5) is 14.5. The molecule has 0 bridgehead atoms. The maximum Gasteiger partial charge on any atom is 0.237 e. The Labute approximate surface area is 120 Å². The van der Waals surface area contributed by atoms with Crippen LogP contribution in [0.15, 0.2) is 30.3 Å². The van der Waals surface area contributed by atoms with Crippen molar-refractivity contribution in [3.05, 3.63) is 35.9 Å². The second-order valence-electron chi connectivity index (χ2n) is 6.07. The number of primary amides is 1. The predicted octanol–water partition coefficient (Wildman–Crippen LogP) is 1.26. The Hall–Kier alpha value is -1.39. The molecule has 0 aromatic heterocycles. The topological polar surface area (TPSA) is 58.4 Å². The van der Waals surface area contributed by atoms with Crippen molar-refractivity contribution in [1.29, 1.82) is 0 Å². The minimum atomic E-state index is -0.526. The maximum atomic E-state index is 12.0. The fourth-order valence-electron chi connectivity index (χ4n) is 3.60. The summed E-state index contributed by atoms with van der Waals surface area (Å²) in [6.45, 7) is 2.87. The van der Waals surface area contributed by atoms with Crippen LogP contribution in [0, 0.1) is 0 Å². The molecule has 4 nitrogen and oxygen atoms in total. The largest absolute Gasteiger partial charge is 0.368 e. The van der Waals surface area contributed by atoms with Gasteiger partial charge in [-0.1, -0.05) is 30.3 Å². The van der Waals surface area contributed by atoms with Crippen molar-refractivity contribution in [3.63, 3.8) is 0 Å². The number of nitrogens with two attached hydrogens (primary N) is 1. The average molecular weight is 273 g/mol. The molecule has 2 aliphatic heterocycles. The first-order chi connectivity index (χ1) is 9.70. The van der Waals surface area contributed by atoms with Gasteiger partial charge in [0.15, 0.2) is 0 Å². The van der Waals surface area contributed by atoms with E-state index in [4.69, 9.17) is 5.73 Å². The highest BCUT2D eigenvalue weighted by molar-refractivity contribution is 5.85. The van der Waals surface area contributed by atoms with Gasteiger partial charge < -0.3 is 10.6 Å². The summed E-state index contributed by atoms with van der Waals surface area (Å²) in [6.07, 6.45) is 4.13. The molecule has 1 aromatic rings. The molecule has 0 spiro atoms. The number of hydrogen-bond acceptors (Lipinski definition) is 3. The van der Waals surface area contributed by atoms with E-state index in [1.165, 1.54) is 24.9 Å². The zero-order chi connectivity index (χ0) is 14.0. The first kappa shape index (κ1) is 13.6. The molecule has 2 saturated heterocycles. The van der Waals surface area contributed by atoms with Crippen LogP contribution in [-0.4, -0.2) is 35.5 Å². The van der Waals surface area contributed by atoms with E-state index in [2.05, 4.69) is 22.3 Å². The molecular weight excluding hydrogens is 250 g/mol. The molecule has 2 aliphatic rings. The number of nitrogens with one attached hydrogen (secondary N) is 1. The van der Waals surface area contributed by atoms with E-state index in [1.54, 1.807) is 0 Å². The van der Waals surface area contributed by atoms with Gasteiger partial charge in [-0.15, -0.1) is 0 Å². The highest BCUT2D eigenvalue weighted by Gasteiger charge is 2.44. The van der Waals surface area contributed by atoms with Crippen LogP contribution >= 0.6 is 0 Å². The summed E-state index contributed by atoms with van der Waals surface area (Å²) in [6, 6.07) is 10.7. The van der Waals surface area contributed by atoms with E-state index in [0.717, 1.165) is 19.4 Å². The molecule has 0 saturated carbocycles. The van der Waals surface area contributed by atoms with E-state index in [0.29, 0.717) is 12.6 Å². The second kappa shape index (κ2) is 5.54. The van der Waals surface area contributed by atoms with Crippen LogP contribution < -0.4 is 11.1 Å². The Morgan fingerprint density at radius 3 is 2.90 bits per heavy atom. The monoisotopic (exact) mass is 273 g/mol. The van der Waals surface area contributed by atoms with Crippen molar-refractivity contribution in [2.24, 2.45) is 5.73 Å². The van der Waals surface area contributed by atoms with Gasteiger partial charge in [0.2, 0.25) is 5.91 Å². The fraction of sp³-hybridized carbons (Fsp3) is 0.562. The SMILES string of the molecule is NC(=O)C1(NCc2ccccc2)CCN2CCCC2C1. The normalized spacial score (nSPS) is 30.1. The smallest absolute Gasteiger partial charge is 0.237 e. The van der Waals surface area contributed by atoms with E-state index in [9.17, 15) is 4.79 Å². The Bertz CT molecular complexity index is 476. The molecule has 3 rings (SSSR count). The van der Waals surface area contributed by atoms with Crippen molar-refractivity contribution < 1.29 is 4.79 Å². The fourth-order valence-corrected chi connectivity index (χ4v) is 3.60. The number of piperidine rings is 1. The summed E-state index contributed by atoms with van der Waals surface area (Å²) in [5.41, 5.74) is 6.40. The lowest BCUT2D eigenvalue weighted by molar-refractivity contribution is -0.127. The highest BCUT2D eigenvalue weighted by atomic mass is 16.1. The first-order valence-corrected chi connectivity index (χ1v) is 7.52. The van der Waals surface area contributed by atoms with Gasteiger partial charge in [0, 0.05) is 19.1 Å². The number of carbonyl (C=O) groups excluding carboxylic acids is 1. The molecule has 1 aromatic carbocycles. The number of carbonyl (C=O) groups is 1. The third kappa shape index (κ3) is 2.58. The zero-order valence-corrected chi connectivity index (χ0v) is 11.8. The summed E-state index contributed by atoms with van der Waals surface area (Å²) in [5, 5.41) is 3.46. The molecule has 2 heterocycles. The lowest BCUT2D eigenvalue weighted by Gasteiger charge is -2.42. The number of nitrogens with zero attached hydrogens (tertiary/aromatic N) is 1. The first-order valence-electron chi connectivity index (χ1n) is 7.52. The van der Waals surface area contributed by atoms with Gasteiger partial charge >= 0.3 is 0 Å². The van der Waals surface area contributed by atoms with E-state index in [-0.39, 0.29) is 5.91 Å². The standard InChI is InChI=1S/C16H23N3O/c17-15(20)16(18-12-13-5-2-1-3-6-13)8-10-19-9-4-7-14(19)11-16/h1-3,5-6,14,18H,4,7-12H2,(H2,17,20). The van der Waals surface area contributed by atoms with Crippen molar-refractivity contribution >= 4 is 5.91 Å². The lowest BCUT2D eigenvalue weighted by Crippen LogP contribution is -2.62. The van der Waals surface area contributed by atoms with Crippen molar-refractivity contribution in [2.45, 2.75) is 43.8 Å². The van der Waals surface area contributed by atoms with Gasteiger partial charge in [-0.25, -0.2) is 0 Å². The van der Waals surface area contributed by atoms with Gasteiger partial charge in [-0.3, -0.25) is 10.1 Å². The van der Waals surface area contributed by atoms with Gasteiger partial charge in [0.25, 0.3) is 0 Å². The number of rotatable bonds is 4. The number of amides is 1. The van der Waals surface area contributed by atoms with Crippen LogP contribution in [0.25, 0.3) is 0 Å². The minimum Gasteiger partial charge on any atom is -0.368 e. The molecular formula is C16H23N3O. The summed E-state index contributed by atoms with van der Waals surface area (Å²) in [7, 11) is 0. The Morgan fingerprint density at radius 1 is 1.35 bits per heavy atom. The predicted molar refractivity (Wildman–Crippen MR) is 79.0 cm³/mol. The molecule has 2 unspecified atom stereocenters. The summed E-state index contributed by atoms with van der Waals surface area (Å²) in [5.74, 6) is -0.194. The molecule has 2 fully saturated rings. The summed E-state index contributed by atoms with van der Waals surface area (Å²) < 4.78 is 0. The van der Waals surface area contributed by atoms with E-state index >= 15 is 0 Å². The summed E-state index contributed by atoms with van der Waals surface area (Å²) >= 11 is 0. The zero-order valence-electron chi connectivity index (χ0n) is 11.8. The van der Waals surface area contributed by atoms with Crippen LogP contribution in [0.5, 0.6) is 0 Å². The molecule has 3 N–H and O–H groups in total. The Morgan fingerprint density at radius 2 is 2.15 bits per heavy atom.